The van der Waals surface area contributed by atoms with Crippen LogP contribution in [0.25, 0.3) is 6.08 Å². The van der Waals surface area contributed by atoms with Gasteiger partial charge < -0.3 is 4.74 Å². The molecule has 1 amide bonds. The number of thioether (sulfide) groups is 1. The molecule has 1 aliphatic heterocycles. The van der Waals surface area contributed by atoms with E-state index in [1.165, 1.54) is 11.8 Å². The lowest BCUT2D eigenvalue weighted by Crippen LogP contribution is -2.29. The highest BCUT2D eigenvalue weighted by molar-refractivity contribution is 8.19. The van der Waals surface area contributed by atoms with Crippen LogP contribution >= 0.6 is 11.8 Å². The van der Waals surface area contributed by atoms with Gasteiger partial charge in [-0.3, -0.25) is 9.69 Å². The summed E-state index contributed by atoms with van der Waals surface area (Å²) in [4.78, 5) is 20.7. The molecule has 31 heavy (non-hydrogen) atoms. The Kier molecular flexibility index (Phi) is 6.23. The van der Waals surface area contributed by atoms with Gasteiger partial charge in [-0.25, -0.2) is 4.99 Å². The molecule has 0 saturated carbocycles. The monoisotopic (exact) mass is 428 g/mol. The first-order valence-corrected chi connectivity index (χ1v) is 11.1. The molecule has 0 spiro atoms. The van der Waals surface area contributed by atoms with Gasteiger partial charge in [-0.1, -0.05) is 48.5 Å². The van der Waals surface area contributed by atoms with E-state index in [4.69, 9.17) is 9.73 Å². The van der Waals surface area contributed by atoms with Crippen molar-refractivity contribution in [3.05, 3.63) is 94.4 Å². The smallest absolute Gasteiger partial charge is 0.271 e. The quantitative estimate of drug-likeness (QED) is 0.435. The standard InChI is InChI=1S/C26H24N2O2S/c1-4-30-21-13-9-12-20(16-21)17-24-25(29)28(23-15-8-6-11-19(23)3)26(31-24)27-22-14-7-5-10-18(22)2/h5-17H,4H2,1-3H3/b24-17+,27-26?. The number of rotatable bonds is 5. The maximum Gasteiger partial charge on any atom is 0.271 e. The third kappa shape index (κ3) is 4.57. The number of nitrogens with zero attached hydrogens (tertiary/aromatic N) is 2. The van der Waals surface area contributed by atoms with Crippen molar-refractivity contribution in [1.29, 1.82) is 0 Å². The summed E-state index contributed by atoms with van der Waals surface area (Å²) in [6.07, 6.45) is 1.90. The van der Waals surface area contributed by atoms with E-state index >= 15 is 0 Å². The van der Waals surface area contributed by atoms with Crippen molar-refractivity contribution in [1.82, 2.24) is 0 Å². The molecule has 1 heterocycles. The average molecular weight is 429 g/mol. The van der Waals surface area contributed by atoms with Crippen molar-refractivity contribution < 1.29 is 9.53 Å². The van der Waals surface area contributed by atoms with Crippen molar-refractivity contribution in [2.75, 3.05) is 11.5 Å². The normalized spacial score (nSPS) is 16.4. The van der Waals surface area contributed by atoms with Crippen LogP contribution in [0.3, 0.4) is 0 Å². The van der Waals surface area contributed by atoms with Crippen LogP contribution in [0.15, 0.2) is 82.7 Å². The van der Waals surface area contributed by atoms with Gasteiger partial charge in [0.15, 0.2) is 5.17 Å². The second-order valence-corrected chi connectivity index (χ2v) is 8.23. The first-order valence-electron chi connectivity index (χ1n) is 10.2. The number of carbonyl (C=O) groups is 1. The van der Waals surface area contributed by atoms with Gasteiger partial charge in [0.05, 0.1) is 22.9 Å². The van der Waals surface area contributed by atoms with E-state index in [0.29, 0.717) is 16.7 Å². The Morgan fingerprint density at radius 2 is 1.71 bits per heavy atom. The van der Waals surface area contributed by atoms with E-state index in [0.717, 1.165) is 33.8 Å². The molecule has 1 fully saturated rings. The Balaban J connectivity index is 1.78. The number of anilines is 1. The molecule has 3 aromatic carbocycles. The second kappa shape index (κ2) is 9.23. The number of aliphatic imine (C=N–C) groups is 1. The molecule has 1 aliphatic rings. The summed E-state index contributed by atoms with van der Waals surface area (Å²) < 4.78 is 5.60. The lowest BCUT2D eigenvalue weighted by Gasteiger charge is -2.18. The fraction of sp³-hybridized carbons (Fsp3) is 0.154. The number of hydrogen-bond donors (Lipinski definition) is 0. The van der Waals surface area contributed by atoms with Gasteiger partial charge >= 0.3 is 0 Å². The van der Waals surface area contributed by atoms with Gasteiger partial charge in [0.1, 0.15) is 5.75 Å². The van der Waals surface area contributed by atoms with Crippen LogP contribution in [-0.2, 0) is 4.79 Å². The Morgan fingerprint density at radius 3 is 2.45 bits per heavy atom. The van der Waals surface area contributed by atoms with Crippen LogP contribution < -0.4 is 9.64 Å². The topological polar surface area (TPSA) is 41.9 Å². The lowest BCUT2D eigenvalue weighted by atomic mass is 10.1. The van der Waals surface area contributed by atoms with E-state index in [2.05, 4.69) is 0 Å². The van der Waals surface area contributed by atoms with Crippen LogP contribution in [0.1, 0.15) is 23.6 Å². The zero-order chi connectivity index (χ0) is 21.8. The summed E-state index contributed by atoms with van der Waals surface area (Å²) in [5, 5.41) is 0.654. The van der Waals surface area contributed by atoms with Gasteiger partial charge in [-0.2, -0.15) is 0 Å². The number of benzene rings is 3. The molecular formula is C26H24N2O2S. The molecule has 1 saturated heterocycles. The van der Waals surface area contributed by atoms with Crippen LogP contribution in [0.4, 0.5) is 11.4 Å². The van der Waals surface area contributed by atoms with Crippen molar-refractivity contribution in [3.63, 3.8) is 0 Å². The van der Waals surface area contributed by atoms with E-state index in [9.17, 15) is 4.79 Å². The highest BCUT2D eigenvalue weighted by Crippen LogP contribution is 2.39. The number of amidine groups is 1. The SMILES string of the molecule is CCOc1cccc(/C=C2/SC(=Nc3ccccc3C)N(c3ccccc3C)C2=O)c1. The van der Waals surface area contributed by atoms with Gasteiger partial charge in [0.2, 0.25) is 0 Å². The second-order valence-electron chi connectivity index (χ2n) is 7.22. The summed E-state index contributed by atoms with van der Waals surface area (Å²) in [6, 6.07) is 23.6. The third-order valence-corrected chi connectivity index (χ3v) is 5.93. The third-order valence-electron chi connectivity index (χ3n) is 4.96. The minimum atomic E-state index is -0.0755. The van der Waals surface area contributed by atoms with Crippen molar-refractivity contribution in [3.8, 4) is 5.75 Å². The van der Waals surface area contributed by atoms with E-state index in [1.807, 2.05) is 99.6 Å². The van der Waals surface area contributed by atoms with Crippen LogP contribution in [0.2, 0.25) is 0 Å². The molecule has 156 valence electrons. The zero-order valence-corrected chi connectivity index (χ0v) is 18.6. The number of carbonyl (C=O) groups excluding carboxylic acids is 1. The van der Waals surface area contributed by atoms with Crippen molar-refractivity contribution >= 4 is 40.3 Å². The summed E-state index contributed by atoms with van der Waals surface area (Å²) in [5.41, 5.74) is 4.71. The molecule has 0 radical (unpaired) electrons. The molecule has 4 nitrogen and oxygen atoms in total. The molecule has 4 rings (SSSR count). The average Bonchev–Trinajstić information content (AvgIpc) is 3.05. The molecule has 0 bridgehead atoms. The molecule has 5 heteroatoms. The van der Waals surface area contributed by atoms with E-state index in [-0.39, 0.29) is 5.91 Å². The molecule has 0 aliphatic carbocycles. The van der Waals surface area contributed by atoms with Crippen molar-refractivity contribution in [2.24, 2.45) is 4.99 Å². The predicted molar refractivity (Wildman–Crippen MR) is 130 cm³/mol. The predicted octanol–water partition coefficient (Wildman–Crippen LogP) is 6.51. The maximum atomic E-state index is 13.5. The van der Waals surface area contributed by atoms with Gasteiger partial charge in [-0.05, 0) is 79.6 Å². The molecule has 0 unspecified atom stereocenters. The van der Waals surface area contributed by atoms with Crippen LogP contribution in [0, 0.1) is 13.8 Å². The Labute approximate surface area is 187 Å². The first kappa shape index (κ1) is 20.9. The Bertz CT molecular complexity index is 1180. The van der Waals surface area contributed by atoms with Crippen molar-refractivity contribution in [2.45, 2.75) is 20.8 Å². The fourth-order valence-electron chi connectivity index (χ4n) is 3.38. The summed E-state index contributed by atoms with van der Waals surface area (Å²) in [5.74, 6) is 0.713. The Morgan fingerprint density at radius 1 is 0.968 bits per heavy atom. The fourth-order valence-corrected chi connectivity index (χ4v) is 4.37. The van der Waals surface area contributed by atoms with E-state index < -0.39 is 0 Å². The van der Waals surface area contributed by atoms with E-state index in [1.54, 1.807) is 4.90 Å². The van der Waals surface area contributed by atoms with Gasteiger partial charge in [-0.15, -0.1) is 0 Å². The summed E-state index contributed by atoms with van der Waals surface area (Å²) in [7, 11) is 0. The maximum absolute atomic E-state index is 13.5. The first-order chi connectivity index (χ1) is 15.1. The molecular weight excluding hydrogens is 404 g/mol. The number of ether oxygens (including phenoxy) is 1. The number of para-hydroxylation sites is 2. The minimum absolute atomic E-state index is 0.0755. The highest BCUT2D eigenvalue weighted by atomic mass is 32.2. The summed E-state index contributed by atoms with van der Waals surface area (Å²) in [6.45, 7) is 6.58. The number of amides is 1. The number of hydrogen-bond acceptors (Lipinski definition) is 4. The van der Waals surface area contributed by atoms with Gasteiger partial charge in [0.25, 0.3) is 5.91 Å². The highest BCUT2D eigenvalue weighted by Gasteiger charge is 2.35. The van der Waals surface area contributed by atoms with Crippen LogP contribution in [-0.4, -0.2) is 17.7 Å². The Hall–Kier alpha value is -3.31. The molecule has 3 aromatic rings. The molecule has 0 atom stereocenters. The molecule has 0 aromatic heterocycles. The van der Waals surface area contributed by atoms with Gasteiger partial charge in [0, 0.05) is 0 Å². The van der Waals surface area contributed by atoms with Crippen LogP contribution in [0.5, 0.6) is 5.75 Å². The lowest BCUT2D eigenvalue weighted by molar-refractivity contribution is -0.113. The number of aryl methyl sites for hydroxylation is 2. The zero-order valence-electron chi connectivity index (χ0n) is 17.8. The molecule has 0 N–H and O–H groups in total. The summed E-state index contributed by atoms with van der Waals surface area (Å²) >= 11 is 1.39. The minimum Gasteiger partial charge on any atom is -0.494 e. The largest absolute Gasteiger partial charge is 0.494 e.